The molecule has 0 aliphatic heterocycles. The van der Waals surface area contributed by atoms with E-state index in [0.717, 1.165) is 33.5 Å². The van der Waals surface area contributed by atoms with Crippen LogP contribution in [0.3, 0.4) is 0 Å². The highest BCUT2D eigenvalue weighted by Crippen LogP contribution is 2.62. The summed E-state index contributed by atoms with van der Waals surface area (Å²) < 4.78 is 0. The lowest BCUT2D eigenvalue weighted by molar-refractivity contribution is 0.758. The van der Waals surface area contributed by atoms with Gasteiger partial charge in [-0.2, -0.15) is 0 Å². The van der Waals surface area contributed by atoms with Crippen LogP contribution in [-0.2, 0) is 5.41 Å². The molecule has 7 aromatic carbocycles. The highest BCUT2D eigenvalue weighted by molar-refractivity contribution is 6.15. The van der Waals surface area contributed by atoms with Gasteiger partial charge in [0.25, 0.3) is 0 Å². The summed E-state index contributed by atoms with van der Waals surface area (Å²) in [6.07, 6.45) is 3.44. The maximum atomic E-state index is 8.68. The van der Waals surface area contributed by atoms with Gasteiger partial charge in [-0.3, -0.25) is 4.99 Å². The molecular weight excluding hydrogens is 569 g/mol. The Hall–Kier alpha value is -6.12. The van der Waals surface area contributed by atoms with E-state index < -0.39 is 5.41 Å². The molecule has 2 heteroatoms. The van der Waals surface area contributed by atoms with Crippen molar-refractivity contribution < 1.29 is 0 Å². The average Bonchev–Trinajstić information content (AvgIpc) is 3.60. The standard InChI is InChI=1S/C45H30N2/c46-28-40-39-25-24-36(33-20-18-32(19-21-33)35-23-22-31-12-4-5-13-34(31)26-35)27-43(39)45(44(40)47-29-30-10-2-1-3-11-30)41-16-8-6-14-37(41)38-15-7-9-17-42(38)45/h1-29,46H. The van der Waals surface area contributed by atoms with Crippen LogP contribution in [0, 0.1) is 5.41 Å². The third kappa shape index (κ3) is 4.12. The van der Waals surface area contributed by atoms with E-state index >= 15 is 0 Å². The van der Waals surface area contributed by atoms with Crippen molar-refractivity contribution in [2.24, 2.45) is 4.99 Å². The van der Waals surface area contributed by atoms with Crippen molar-refractivity contribution in [2.75, 3.05) is 0 Å². The zero-order chi connectivity index (χ0) is 31.4. The summed E-state index contributed by atoms with van der Waals surface area (Å²) in [5.41, 5.74) is 13.9. The van der Waals surface area contributed by atoms with E-state index in [1.165, 1.54) is 55.9 Å². The highest BCUT2D eigenvalue weighted by Gasteiger charge is 2.53. The van der Waals surface area contributed by atoms with E-state index in [0.29, 0.717) is 0 Å². The number of rotatable bonds is 5. The smallest absolute Gasteiger partial charge is 0.0898 e. The van der Waals surface area contributed by atoms with Crippen molar-refractivity contribution in [2.45, 2.75) is 5.41 Å². The van der Waals surface area contributed by atoms with Crippen LogP contribution in [0.4, 0.5) is 0 Å². The summed E-state index contributed by atoms with van der Waals surface area (Å²) in [6, 6.07) is 58.4. The molecule has 2 aliphatic carbocycles. The topological polar surface area (TPSA) is 36.2 Å². The molecule has 0 heterocycles. The van der Waals surface area contributed by atoms with Crippen LogP contribution in [-0.4, -0.2) is 12.4 Å². The largest absolute Gasteiger partial charge is 0.308 e. The van der Waals surface area contributed by atoms with Crippen LogP contribution in [0.25, 0.3) is 49.7 Å². The molecule has 2 nitrogen and oxygen atoms in total. The molecule has 1 spiro atoms. The van der Waals surface area contributed by atoms with Crippen molar-refractivity contribution in [3.8, 4) is 33.4 Å². The average molecular weight is 599 g/mol. The van der Waals surface area contributed by atoms with Crippen LogP contribution >= 0.6 is 0 Å². The number of allylic oxidation sites excluding steroid dienone is 2. The van der Waals surface area contributed by atoms with Crippen LogP contribution in [0.15, 0.2) is 174 Å². The summed E-state index contributed by atoms with van der Waals surface area (Å²) >= 11 is 0. The second kappa shape index (κ2) is 10.8. The number of fused-ring (bicyclic) bond motifs is 8. The lowest BCUT2D eigenvalue weighted by atomic mass is 9.71. The number of benzene rings is 7. The van der Waals surface area contributed by atoms with Crippen LogP contribution in [0.2, 0.25) is 0 Å². The monoisotopic (exact) mass is 598 g/mol. The molecule has 1 N–H and O–H groups in total. The Morgan fingerprint density at radius 1 is 0.447 bits per heavy atom. The number of aliphatic imine (C=N–C) groups is 1. The summed E-state index contributed by atoms with van der Waals surface area (Å²) in [5, 5.41) is 11.2. The first kappa shape index (κ1) is 27.2. The van der Waals surface area contributed by atoms with E-state index in [1.807, 2.05) is 24.4 Å². The second-order valence-electron chi connectivity index (χ2n) is 12.3. The van der Waals surface area contributed by atoms with Gasteiger partial charge in [0.05, 0.1) is 11.1 Å². The van der Waals surface area contributed by atoms with Crippen LogP contribution in [0.5, 0.6) is 0 Å². The minimum absolute atomic E-state index is 0.637. The Morgan fingerprint density at radius 2 is 1.00 bits per heavy atom. The zero-order valence-electron chi connectivity index (χ0n) is 25.7. The first-order chi connectivity index (χ1) is 23.3. The molecule has 0 saturated carbocycles. The minimum Gasteiger partial charge on any atom is -0.308 e. The molecule has 0 aromatic heterocycles. The lowest BCUT2D eigenvalue weighted by Gasteiger charge is -2.31. The predicted octanol–water partition coefficient (Wildman–Crippen LogP) is 11.0. The van der Waals surface area contributed by atoms with Gasteiger partial charge in [0.1, 0.15) is 0 Å². The maximum absolute atomic E-state index is 8.68. The van der Waals surface area contributed by atoms with Gasteiger partial charge < -0.3 is 5.41 Å². The highest BCUT2D eigenvalue weighted by atomic mass is 14.8. The van der Waals surface area contributed by atoms with E-state index in [1.54, 1.807) is 0 Å². The number of hydrogen-bond acceptors (Lipinski definition) is 2. The summed E-state index contributed by atoms with van der Waals surface area (Å²) in [6.45, 7) is 0. The molecule has 47 heavy (non-hydrogen) atoms. The summed E-state index contributed by atoms with van der Waals surface area (Å²) in [4.78, 5) is 5.27. The van der Waals surface area contributed by atoms with Gasteiger partial charge in [0.15, 0.2) is 0 Å². The van der Waals surface area contributed by atoms with E-state index in [-0.39, 0.29) is 0 Å². The fourth-order valence-corrected chi connectivity index (χ4v) is 7.72. The van der Waals surface area contributed by atoms with Gasteiger partial charge in [0.2, 0.25) is 0 Å². The van der Waals surface area contributed by atoms with Gasteiger partial charge in [-0.25, -0.2) is 0 Å². The van der Waals surface area contributed by atoms with E-state index in [4.69, 9.17) is 10.4 Å². The summed E-state index contributed by atoms with van der Waals surface area (Å²) in [5.74, 6) is 0. The van der Waals surface area contributed by atoms with Crippen molar-refractivity contribution in [1.29, 1.82) is 5.41 Å². The van der Waals surface area contributed by atoms with Crippen molar-refractivity contribution in [1.82, 2.24) is 0 Å². The van der Waals surface area contributed by atoms with Gasteiger partial charge in [-0.15, -0.1) is 0 Å². The number of hydrogen-bond donors (Lipinski definition) is 1. The van der Waals surface area contributed by atoms with Gasteiger partial charge in [-0.05, 0) is 84.1 Å². The molecule has 0 bridgehead atoms. The Bertz CT molecular complexity index is 2370. The van der Waals surface area contributed by atoms with Crippen LogP contribution in [0.1, 0.15) is 27.8 Å². The Labute approximate surface area is 274 Å². The first-order valence-corrected chi connectivity index (χ1v) is 16.0. The van der Waals surface area contributed by atoms with Crippen molar-refractivity contribution in [3.63, 3.8) is 0 Å². The van der Waals surface area contributed by atoms with Gasteiger partial charge in [0, 0.05) is 18.0 Å². The Balaban J connectivity index is 1.22. The lowest BCUT2D eigenvalue weighted by Crippen LogP contribution is -2.27. The molecule has 220 valence electrons. The molecule has 7 aromatic rings. The van der Waals surface area contributed by atoms with E-state index in [9.17, 15) is 0 Å². The molecule has 0 radical (unpaired) electrons. The summed E-state index contributed by atoms with van der Waals surface area (Å²) in [7, 11) is 0. The molecular formula is C45H30N2. The zero-order valence-corrected chi connectivity index (χ0v) is 25.7. The second-order valence-corrected chi connectivity index (χ2v) is 12.3. The fourth-order valence-electron chi connectivity index (χ4n) is 7.72. The van der Waals surface area contributed by atoms with Gasteiger partial charge >= 0.3 is 0 Å². The Morgan fingerprint density at radius 3 is 1.68 bits per heavy atom. The minimum atomic E-state index is -0.637. The van der Waals surface area contributed by atoms with Gasteiger partial charge in [-0.1, -0.05) is 152 Å². The Kier molecular flexibility index (Phi) is 6.22. The first-order valence-electron chi connectivity index (χ1n) is 16.0. The molecule has 2 aliphatic rings. The predicted molar refractivity (Wildman–Crippen MR) is 196 cm³/mol. The molecule has 9 rings (SSSR count). The molecule has 0 atom stereocenters. The fraction of sp³-hybridized carbons (Fsp3) is 0.0222. The third-order valence-electron chi connectivity index (χ3n) is 9.86. The quantitative estimate of drug-likeness (QED) is 0.191. The van der Waals surface area contributed by atoms with Crippen molar-refractivity contribution >= 4 is 28.8 Å². The van der Waals surface area contributed by atoms with Crippen LogP contribution < -0.4 is 0 Å². The molecule has 0 amide bonds. The molecule has 0 saturated heterocycles. The normalized spacial score (nSPS) is 14.0. The molecule has 0 fully saturated rings. The maximum Gasteiger partial charge on any atom is 0.0898 e. The SMILES string of the molecule is N=CC1=C(N=Cc2ccccc2)C2(c3cc(-c4ccc(-c5ccc6ccccc6c5)cc4)ccc31)c1ccccc1-c1ccccc12. The molecule has 0 unspecified atom stereocenters. The number of nitrogens with one attached hydrogen (secondary N) is 1. The van der Waals surface area contributed by atoms with E-state index in [2.05, 4.69) is 146 Å². The van der Waals surface area contributed by atoms with Crippen molar-refractivity contribution in [3.05, 3.63) is 197 Å². The number of nitrogens with zero attached hydrogens (tertiary/aromatic N) is 1. The third-order valence-corrected chi connectivity index (χ3v) is 9.86.